The molecular weight excluding hydrogens is 374 g/mol. The van der Waals surface area contributed by atoms with Gasteiger partial charge >= 0.3 is 5.97 Å². The molecule has 1 amide bonds. The second kappa shape index (κ2) is 10.5. The van der Waals surface area contributed by atoms with E-state index < -0.39 is 5.97 Å². The molecule has 1 aromatic heterocycles. The smallest absolute Gasteiger partial charge is 0.338 e. The number of nitrogens with zero attached hydrogens (tertiary/aromatic N) is 3. The predicted molar refractivity (Wildman–Crippen MR) is 108 cm³/mol. The summed E-state index contributed by atoms with van der Waals surface area (Å²) < 4.78 is 10.3. The Kier molecular flexibility index (Phi) is 7.48. The van der Waals surface area contributed by atoms with Gasteiger partial charge in [-0.05, 0) is 43.3 Å². The Bertz CT molecular complexity index is 805. The van der Waals surface area contributed by atoms with Crippen LogP contribution >= 0.6 is 0 Å². The van der Waals surface area contributed by atoms with Crippen LogP contribution in [0.5, 0.6) is 0 Å². The van der Waals surface area contributed by atoms with Gasteiger partial charge in [0.1, 0.15) is 5.82 Å². The summed E-state index contributed by atoms with van der Waals surface area (Å²) in [5.41, 5.74) is 1.19. The van der Waals surface area contributed by atoms with Gasteiger partial charge in [0.15, 0.2) is 5.69 Å². The fourth-order valence-corrected chi connectivity index (χ4v) is 2.81. The van der Waals surface area contributed by atoms with Crippen molar-refractivity contribution < 1.29 is 19.1 Å². The lowest BCUT2D eigenvalue weighted by Gasteiger charge is -2.26. The Balaban J connectivity index is 1.47. The minimum absolute atomic E-state index is 0.207. The molecule has 1 aliphatic rings. The molecule has 3 rings (SSSR count). The predicted octanol–water partition coefficient (Wildman–Crippen LogP) is 1.65. The molecule has 9 nitrogen and oxygen atoms in total. The molecule has 9 heteroatoms. The number of nitrogens with one attached hydrogen (secondary N) is 2. The summed E-state index contributed by atoms with van der Waals surface area (Å²) in [6.07, 6.45) is 0. The summed E-state index contributed by atoms with van der Waals surface area (Å²) in [4.78, 5) is 26.3. The summed E-state index contributed by atoms with van der Waals surface area (Å²) >= 11 is 0. The van der Waals surface area contributed by atoms with Gasteiger partial charge in [-0.3, -0.25) is 9.69 Å². The fourth-order valence-electron chi connectivity index (χ4n) is 2.81. The van der Waals surface area contributed by atoms with E-state index in [-0.39, 0.29) is 11.6 Å². The third kappa shape index (κ3) is 6.23. The molecule has 0 unspecified atom stereocenters. The quantitative estimate of drug-likeness (QED) is 0.646. The number of morpholine rings is 1. The maximum atomic E-state index is 12.3. The minimum Gasteiger partial charge on any atom is -0.462 e. The van der Waals surface area contributed by atoms with Crippen LogP contribution in [0, 0.1) is 0 Å². The van der Waals surface area contributed by atoms with Crippen molar-refractivity contribution in [1.29, 1.82) is 0 Å². The largest absolute Gasteiger partial charge is 0.462 e. The van der Waals surface area contributed by atoms with Gasteiger partial charge in [0.2, 0.25) is 0 Å². The Labute approximate surface area is 169 Å². The average Bonchev–Trinajstić information content (AvgIpc) is 2.75. The van der Waals surface area contributed by atoms with Crippen molar-refractivity contribution in [2.75, 3.05) is 56.6 Å². The molecule has 154 valence electrons. The van der Waals surface area contributed by atoms with Crippen LogP contribution in [-0.4, -0.2) is 73.0 Å². The molecule has 0 atom stereocenters. The summed E-state index contributed by atoms with van der Waals surface area (Å²) in [5.74, 6) is -0.150. The van der Waals surface area contributed by atoms with Crippen LogP contribution in [0.15, 0.2) is 36.4 Å². The van der Waals surface area contributed by atoms with Gasteiger partial charge in [-0.1, -0.05) is 0 Å². The third-order valence-electron chi connectivity index (χ3n) is 4.39. The number of anilines is 2. The van der Waals surface area contributed by atoms with E-state index in [4.69, 9.17) is 9.47 Å². The lowest BCUT2D eigenvalue weighted by Crippen LogP contribution is -2.39. The van der Waals surface area contributed by atoms with Crippen LogP contribution in [-0.2, 0) is 9.47 Å². The van der Waals surface area contributed by atoms with Crippen molar-refractivity contribution in [2.24, 2.45) is 0 Å². The zero-order chi connectivity index (χ0) is 20.5. The van der Waals surface area contributed by atoms with Crippen molar-refractivity contribution in [1.82, 2.24) is 15.1 Å². The molecule has 0 bridgehead atoms. The van der Waals surface area contributed by atoms with Gasteiger partial charge < -0.3 is 20.1 Å². The zero-order valence-corrected chi connectivity index (χ0v) is 16.4. The monoisotopic (exact) mass is 399 g/mol. The molecule has 0 spiro atoms. The van der Waals surface area contributed by atoms with Gasteiger partial charge in [-0.25, -0.2) is 4.79 Å². The SMILES string of the molecule is CCOC(=O)c1ccc(NC(=O)c2ccc(NCCN3CCOCC3)nn2)cc1. The molecule has 2 aromatic rings. The second-order valence-electron chi connectivity index (χ2n) is 6.44. The van der Waals surface area contributed by atoms with E-state index in [1.54, 1.807) is 43.3 Å². The van der Waals surface area contributed by atoms with Crippen LogP contribution in [0.25, 0.3) is 0 Å². The van der Waals surface area contributed by atoms with Crippen molar-refractivity contribution in [3.05, 3.63) is 47.7 Å². The molecular formula is C20H25N5O4. The van der Waals surface area contributed by atoms with E-state index in [9.17, 15) is 9.59 Å². The minimum atomic E-state index is -0.395. The van der Waals surface area contributed by atoms with E-state index in [0.29, 0.717) is 23.7 Å². The maximum Gasteiger partial charge on any atom is 0.338 e. The Morgan fingerprint density at radius 3 is 2.52 bits per heavy atom. The highest BCUT2D eigenvalue weighted by Crippen LogP contribution is 2.12. The highest BCUT2D eigenvalue weighted by molar-refractivity contribution is 6.03. The number of amides is 1. The first-order valence-electron chi connectivity index (χ1n) is 9.62. The molecule has 0 saturated carbocycles. The van der Waals surface area contributed by atoms with Gasteiger partial charge in [-0.2, -0.15) is 0 Å². The maximum absolute atomic E-state index is 12.3. The molecule has 1 fully saturated rings. The number of hydrogen-bond acceptors (Lipinski definition) is 8. The van der Waals surface area contributed by atoms with Gasteiger partial charge in [0.25, 0.3) is 5.91 Å². The molecule has 0 radical (unpaired) electrons. The molecule has 2 N–H and O–H groups in total. The fraction of sp³-hybridized carbons (Fsp3) is 0.400. The summed E-state index contributed by atoms with van der Waals surface area (Å²) in [7, 11) is 0. The van der Waals surface area contributed by atoms with E-state index in [0.717, 1.165) is 39.4 Å². The van der Waals surface area contributed by atoms with Crippen LogP contribution in [0.3, 0.4) is 0 Å². The summed E-state index contributed by atoms with van der Waals surface area (Å²) in [6.45, 7) is 7.12. The average molecular weight is 399 g/mol. The normalized spacial score (nSPS) is 14.2. The van der Waals surface area contributed by atoms with Crippen molar-refractivity contribution >= 4 is 23.4 Å². The van der Waals surface area contributed by atoms with E-state index >= 15 is 0 Å². The van der Waals surface area contributed by atoms with Crippen LogP contribution in [0.1, 0.15) is 27.8 Å². The lowest BCUT2D eigenvalue weighted by molar-refractivity contribution is 0.0398. The van der Waals surface area contributed by atoms with Gasteiger partial charge in [0.05, 0.1) is 25.4 Å². The number of carbonyl (C=O) groups excluding carboxylic acids is 2. The molecule has 1 saturated heterocycles. The van der Waals surface area contributed by atoms with Gasteiger partial charge in [-0.15, -0.1) is 10.2 Å². The molecule has 29 heavy (non-hydrogen) atoms. The first-order valence-corrected chi connectivity index (χ1v) is 9.62. The Morgan fingerprint density at radius 1 is 1.10 bits per heavy atom. The standard InChI is InChI=1S/C20H25N5O4/c1-2-29-20(27)15-3-5-16(6-4-15)22-19(26)17-7-8-18(24-23-17)21-9-10-25-11-13-28-14-12-25/h3-8H,2,9-14H2,1H3,(H,21,24)(H,22,26). The van der Waals surface area contributed by atoms with E-state index in [1.165, 1.54) is 0 Å². The molecule has 1 aromatic carbocycles. The van der Waals surface area contributed by atoms with Gasteiger partial charge in [0, 0.05) is 31.9 Å². The van der Waals surface area contributed by atoms with E-state index in [1.807, 2.05) is 0 Å². The Hall–Kier alpha value is -3.04. The number of rotatable bonds is 8. The highest BCUT2D eigenvalue weighted by atomic mass is 16.5. The molecule has 2 heterocycles. The molecule has 1 aliphatic heterocycles. The zero-order valence-electron chi connectivity index (χ0n) is 16.4. The summed E-state index contributed by atoms with van der Waals surface area (Å²) in [5, 5.41) is 14.0. The van der Waals surface area contributed by atoms with Crippen molar-refractivity contribution in [2.45, 2.75) is 6.92 Å². The number of carbonyl (C=O) groups is 2. The van der Waals surface area contributed by atoms with Crippen LogP contribution < -0.4 is 10.6 Å². The van der Waals surface area contributed by atoms with Crippen LogP contribution in [0.4, 0.5) is 11.5 Å². The van der Waals surface area contributed by atoms with Crippen molar-refractivity contribution in [3.63, 3.8) is 0 Å². The van der Waals surface area contributed by atoms with E-state index in [2.05, 4.69) is 25.7 Å². The van der Waals surface area contributed by atoms with Crippen molar-refractivity contribution in [3.8, 4) is 0 Å². The number of hydrogen-bond donors (Lipinski definition) is 2. The number of ether oxygens (including phenoxy) is 2. The highest BCUT2D eigenvalue weighted by Gasteiger charge is 2.12. The topological polar surface area (TPSA) is 106 Å². The second-order valence-corrected chi connectivity index (χ2v) is 6.44. The van der Waals surface area contributed by atoms with Crippen LogP contribution in [0.2, 0.25) is 0 Å². The molecule has 0 aliphatic carbocycles. The first-order chi connectivity index (χ1) is 14.2. The Morgan fingerprint density at radius 2 is 1.86 bits per heavy atom. The lowest BCUT2D eigenvalue weighted by atomic mass is 10.2. The third-order valence-corrected chi connectivity index (χ3v) is 4.39. The number of esters is 1. The number of aromatic nitrogens is 2. The first kappa shape index (κ1) is 20.7. The number of benzene rings is 1. The summed E-state index contributed by atoms with van der Waals surface area (Å²) in [6, 6.07) is 9.82.